The number of methoxy groups -OCH3 is 1. The van der Waals surface area contributed by atoms with Crippen LogP contribution in [0.2, 0.25) is 10.0 Å². The highest BCUT2D eigenvalue weighted by Gasteiger charge is 2.51. The Balaban J connectivity index is 0.922. The van der Waals surface area contributed by atoms with E-state index in [9.17, 15) is 23.6 Å². The molecule has 0 radical (unpaired) electrons. The number of rotatable bonds is 13. The summed E-state index contributed by atoms with van der Waals surface area (Å²) in [5.41, 5.74) is 6.02. The number of benzene rings is 2. The van der Waals surface area contributed by atoms with Crippen molar-refractivity contribution in [2.24, 2.45) is 5.92 Å². The summed E-state index contributed by atoms with van der Waals surface area (Å²) in [5.74, 6) is 0.228. The molecule has 3 fully saturated rings. The van der Waals surface area contributed by atoms with E-state index in [1.54, 1.807) is 30.9 Å². The maximum absolute atomic E-state index is 12.9. The van der Waals surface area contributed by atoms with Crippen LogP contribution in [-0.2, 0) is 34.3 Å². The molecular formula is C45H47Cl2N7O7S. The smallest absolute Gasteiger partial charge is 0.240 e. The number of sulfonamides is 1. The number of β-amino-alcohol motifs (C(OH)–C–C–N with tert-alkyl or cyclic N) is 1. The lowest BCUT2D eigenvalue weighted by Gasteiger charge is -2.20. The van der Waals surface area contributed by atoms with E-state index >= 15 is 0 Å². The van der Waals surface area contributed by atoms with Gasteiger partial charge in [0, 0.05) is 62.2 Å². The maximum Gasteiger partial charge on any atom is 0.240 e. The Kier molecular flexibility index (Phi) is 11.4. The molecule has 0 spiro atoms. The van der Waals surface area contributed by atoms with Crippen LogP contribution in [0.5, 0.6) is 11.8 Å². The average Bonchev–Trinajstić information content (AvgIpc) is 3.72. The van der Waals surface area contributed by atoms with Gasteiger partial charge in [-0.1, -0.05) is 53.5 Å². The number of ether oxygens (including phenoxy) is 2. The topological polar surface area (TPSA) is 187 Å². The lowest BCUT2D eigenvalue weighted by Crippen LogP contribution is -2.42. The molecule has 4 aliphatic rings. The molecule has 5 aromatic rings. The number of aliphatic hydroxyl groups excluding tert-OH is 1. The Morgan fingerprint density at radius 1 is 1.05 bits per heavy atom. The van der Waals surface area contributed by atoms with Crippen molar-refractivity contribution in [2.45, 2.75) is 75.5 Å². The van der Waals surface area contributed by atoms with Gasteiger partial charge in [0.25, 0.3) is 0 Å². The Morgan fingerprint density at radius 3 is 2.55 bits per heavy atom. The highest BCUT2D eigenvalue weighted by atomic mass is 35.5. The van der Waals surface area contributed by atoms with E-state index in [-0.39, 0.29) is 29.1 Å². The summed E-state index contributed by atoms with van der Waals surface area (Å²) < 4.78 is 46.8. The van der Waals surface area contributed by atoms with E-state index in [0.29, 0.717) is 103 Å². The number of hydrogen-bond acceptors (Lipinski definition) is 12. The summed E-state index contributed by atoms with van der Waals surface area (Å²) in [7, 11) is -2.13. The second kappa shape index (κ2) is 16.6. The first-order chi connectivity index (χ1) is 29.8. The highest BCUT2D eigenvalue weighted by molar-refractivity contribution is 7.91. The van der Waals surface area contributed by atoms with E-state index < -0.39 is 26.6 Å². The minimum atomic E-state index is -3.70. The van der Waals surface area contributed by atoms with E-state index in [1.165, 1.54) is 0 Å². The summed E-state index contributed by atoms with van der Waals surface area (Å²) in [6.07, 6.45) is 4.75. The molecule has 3 N–H and O–H groups in total. The molecule has 9 rings (SSSR count). The standard InChI is InChI=1S/C45H47Cl2N7O7S/c1-45(13-14-45)62(57,58)51-42(56)26-11-15-52(22-26)17-18-54-24-28(21-48)40-35(41(54)49)20-38(60-40)34-8-4-7-33(39(34)47)30-5-3-6-32-31(30)9-10-37(32)61-44-36(46)19-27(43(50-44)59-2)23-53-16-12-29(55)25-53/h3-8,19-20,24,26,29,37,49,55H,9-18,22-23,25H2,1-2H3,(H,51,56)/t26-,29-,37+/m1/s1. The number of aromatic nitrogens is 2. The highest BCUT2D eigenvalue weighted by Crippen LogP contribution is 2.46. The second-order valence-electron chi connectivity index (χ2n) is 17.1. The van der Waals surface area contributed by atoms with Crippen LogP contribution in [0, 0.1) is 22.7 Å². The lowest BCUT2D eigenvalue weighted by atomic mass is 9.95. The summed E-state index contributed by atoms with van der Waals surface area (Å²) >= 11 is 14.0. The SMILES string of the molecule is COc1nc(O[C@H]2CCc3c(-c4cccc(-c5cc6c(=N)n(CCN7CC[C@@H](C(=O)NS(=O)(=O)C8(C)CC8)C7)cc(C#N)c6o5)c4Cl)cccc32)c(Cl)cc1CN1CC[C@@H](O)C1. The van der Waals surface area contributed by atoms with Gasteiger partial charge in [0.1, 0.15) is 34.0 Å². The van der Waals surface area contributed by atoms with Gasteiger partial charge in [-0.15, -0.1) is 0 Å². The average molecular weight is 901 g/mol. The van der Waals surface area contributed by atoms with Crippen LogP contribution < -0.4 is 19.7 Å². The number of halogens is 2. The summed E-state index contributed by atoms with van der Waals surface area (Å²) in [6.45, 7) is 5.48. The normalized spacial score (nSPS) is 20.9. The number of carbonyl (C=O) groups excluding carboxylic acids is 1. The molecule has 17 heteroatoms. The molecule has 3 atom stereocenters. The molecule has 1 saturated carbocycles. The number of nitrogens with zero attached hydrogens (tertiary/aromatic N) is 5. The van der Waals surface area contributed by atoms with Crippen LogP contribution in [-0.4, -0.2) is 89.5 Å². The molecular weight excluding hydrogens is 854 g/mol. The molecule has 0 bridgehead atoms. The molecule has 62 heavy (non-hydrogen) atoms. The monoisotopic (exact) mass is 899 g/mol. The lowest BCUT2D eigenvalue weighted by molar-refractivity contribution is -0.122. The van der Waals surface area contributed by atoms with E-state index in [2.05, 4.69) is 25.6 Å². The first kappa shape index (κ1) is 42.4. The molecule has 14 nitrogen and oxygen atoms in total. The third-order valence-electron chi connectivity index (χ3n) is 12.9. The van der Waals surface area contributed by atoms with Gasteiger partial charge in [-0.05, 0) is 86.9 Å². The van der Waals surface area contributed by atoms with Gasteiger partial charge >= 0.3 is 0 Å². The summed E-state index contributed by atoms with van der Waals surface area (Å²) in [4.78, 5) is 21.7. The van der Waals surface area contributed by atoms with Gasteiger partial charge in [-0.25, -0.2) is 8.42 Å². The zero-order valence-electron chi connectivity index (χ0n) is 34.4. The molecule has 2 aromatic carbocycles. The maximum atomic E-state index is 12.9. The fourth-order valence-corrected chi connectivity index (χ4v) is 10.8. The Labute approximate surface area is 369 Å². The molecule has 0 unspecified atom stereocenters. The number of amides is 1. The Hall–Kier alpha value is -4.95. The van der Waals surface area contributed by atoms with Gasteiger partial charge in [0.2, 0.25) is 27.7 Å². The van der Waals surface area contributed by atoms with Crippen LogP contribution in [0.1, 0.15) is 67.4 Å². The quantitative estimate of drug-likeness (QED) is 0.116. The number of nitriles is 1. The van der Waals surface area contributed by atoms with Gasteiger partial charge in [-0.3, -0.25) is 19.8 Å². The minimum Gasteiger partial charge on any atom is -0.481 e. The van der Waals surface area contributed by atoms with Gasteiger partial charge < -0.3 is 28.5 Å². The molecule has 2 saturated heterocycles. The fourth-order valence-electron chi connectivity index (χ4n) is 8.99. The van der Waals surface area contributed by atoms with Crippen molar-refractivity contribution in [3.8, 4) is 40.3 Å². The van der Waals surface area contributed by atoms with Crippen LogP contribution in [0.25, 0.3) is 33.4 Å². The van der Waals surface area contributed by atoms with Crippen LogP contribution in [0.15, 0.2) is 59.1 Å². The third kappa shape index (κ3) is 7.97. The van der Waals surface area contributed by atoms with Crippen LogP contribution >= 0.6 is 23.2 Å². The molecule has 324 valence electrons. The van der Waals surface area contributed by atoms with Crippen molar-refractivity contribution >= 4 is 50.1 Å². The number of hydrogen-bond donors (Lipinski definition) is 3. The number of fused-ring (bicyclic) bond motifs is 2. The Morgan fingerprint density at radius 2 is 1.81 bits per heavy atom. The van der Waals surface area contributed by atoms with Gasteiger partial charge in [0.05, 0.1) is 34.3 Å². The van der Waals surface area contributed by atoms with Crippen LogP contribution in [0.3, 0.4) is 0 Å². The van der Waals surface area contributed by atoms with Crippen molar-refractivity contribution in [2.75, 3.05) is 39.8 Å². The number of likely N-dealkylation sites (tertiary alicyclic amines) is 2. The summed E-state index contributed by atoms with van der Waals surface area (Å²) in [6, 6.07) is 17.6. The molecule has 1 amide bonds. The van der Waals surface area contributed by atoms with E-state index in [1.807, 2.05) is 42.5 Å². The van der Waals surface area contributed by atoms with E-state index in [0.717, 1.165) is 47.2 Å². The third-order valence-corrected chi connectivity index (χ3v) is 15.8. The number of furan rings is 1. The molecule has 3 aromatic heterocycles. The van der Waals surface area contributed by atoms with Gasteiger partial charge in [0.15, 0.2) is 5.58 Å². The van der Waals surface area contributed by atoms with Crippen LogP contribution in [0.4, 0.5) is 0 Å². The molecule has 2 aliphatic carbocycles. The fraction of sp³-hybridized carbons (Fsp3) is 0.422. The number of pyridine rings is 2. The van der Waals surface area contributed by atoms with E-state index in [4.69, 9.17) is 42.5 Å². The minimum absolute atomic E-state index is 0.166. The predicted octanol–water partition coefficient (Wildman–Crippen LogP) is 6.58. The summed E-state index contributed by atoms with van der Waals surface area (Å²) in [5, 5.41) is 30.6. The van der Waals surface area contributed by atoms with Crippen molar-refractivity contribution in [3.05, 3.63) is 92.5 Å². The zero-order valence-corrected chi connectivity index (χ0v) is 36.7. The van der Waals surface area contributed by atoms with Crippen molar-refractivity contribution in [1.29, 1.82) is 10.7 Å². The predicted molar refractivity (Wildman–Crippen MR) is 233 cm³/mol. The number of nitrogens with one attached hydrogen (secondary N) is 2. The first-order valence-corrected chi connectivity index (χ1v) is 23.1. The Bertz CT molecular complexity index is 2820. The zero-order chi connectivity index (χ0) is 43.5. The number of carbonyl (C=O) groups is 1. The number of aliphatic hydroxyl groups is 1. The first-order valence-electron chi connectivity index (χ1n) is 20.9. The van der Waals surface area contributed by atoms with Crippen molar-refractivity contribution in [3.63, 3.8) is 0 Å². The van der Waals surface area contributed by atoms with Crippen molar-refractivity contribution < 1.29 is 32.2 Å². The molecule has 2 aliphatic heterocycles. The van der Waals surface area contributed by atoms with Gasteiger partial charge in [-0.2, -0.15) is 10.2 Å². The largest absolute Gasteiger partial charge is 0.481 e. The van der Waals surface area contributed by atoms with Crippen molar-refractivity contribution in [1.82, 2.24) is 24.1 Å². The molecule has 5 heterocycles. The second-order valence-corrected chi connectivity index (χ2v) is 20.0.